The molecule has 0 aliphatic heterocycles. The summed E-state index contributed by atoms with van der Waals surface area (Å²) in [6.07, 6.45) is 1.12. The predicted octanol–water partition coefficient (Wildman–Crippen LogP) is 2.48. The van der Waals surface area contributed by atoms with Gasteiger partial charge in [0.2, 0.25) is 0 Å². The zero-order valence-corrected chi connectivity index (χ0v) is 9.23. The maximum Gasteiger partial charge on any atom is 0.0561 e. The van der Waals surface area contributed by atoms with Gasteiger partial charge in [-0.2, -0.15) is 0 Å². The Kier molecular flexibility index (Phi) is 3.90. The van der Waals surface area contributed by atoms with E-state index in [1.807, 2.05) is 6.92 Å². The van der Waals surface area contributed by atoms with Crippen LogP contribution < -0.4 is 5.73 Å². The SMILES string of the molecule is COC(C)CC(N)c1sccc1C. The molecule has 0 spiro atoms. The highest BCUT2D eigenvalue weighted by Gasteiger charge is 2.13. The van der Waals surface area contributed by atoms with E-state index in [2.05, 4.69) is 18.4 Å². The molecule has 2 atom stereocenters. The number of nitrogens with two attached hydrogens (primary N) is 1. The maximum atomic E-state index is 6.05. The maximum absolute atomic E-state index is 6.05. The predicted molar refractivity (Wildman–Crippen MR) is 57.1 cm³/mol. The van der Waals surface area contributed by atoms with E-state index in [-0.39, 0.29) is 12.1 Å². The van der Waals surface area contributed by atoms with Gasteiger partial charge in [-0.1, -0.05) is 0 Å². The molecule has 1 aromatic heterocycles. The first kappa shape index (κ1) is 10.7. The Morgan fingerprint density at radius 1 is 1.62 bits per heavy atom. The van der Waals surface area contributed by atoms with Crippen molar-refractivity contribution in [1.82, 2.24) is 0 Å². The van der Waals surface area contributed by atoms with Crippen LogP contribution in [0.3, 0.4) is 0 Å². The van der Waals surface area contributed by atoms with Crippen LogP contribution in [-0.2, 0) is 4.74 Å². The Hall–Kier alpha value is -0.380. The highest BCUT2D eigenvalue weighted by Crippen LogP contribution is 2.25. The van der Waals surface area contributed by atoms with Gasteiger partial charge >= 0.3 is 0 Å². The van der Waals surface area contributed by atoms with Gasteiger partial charge in [0.05, 0.1) is 6.10 Å². The van der Waals surface area contributed by atoms with E-state index >= 15 is 0 Å². The van der Waals surface area contributed by atoms with Crippen LogP contribution in [0.4, 0.5) is 0 Å². The molecule has 2 N–H and O–H groups in total. The highest BCUT2D eigenvalue weighted by atomic mass is 32.1. The summed E-state index contributed by atoms with van der Waals surface area (Å²) >= 11 is 1.73. The smallest absolute Gasteiger partial charge is 0.0561 e. The van der Waals surface area contributed by atoms with Crippen LogP contribution in [0.2, 0.25) is 0 Å². The molecule has 1 aromatic rings. The molecule has 1 heterocycles. The molecular formula is C10H17NOS. The van der Waals surface area contributed by atoms with Crippen molar-refractivity contribution in [2.45, 2.75) is 32.4 Å². The summed E-state index contributed by atoms with van der Waals surface area (Å²) in [4.78, 5) is 1.28. The molecule has 2 nitrogen and oxygen atoms in total. The number of thiophene rings is 1. The fraction of sp³-hybridized carbons (Fsp3) is 0.600. The summed E-state index contributed by atoms with van der Waals surface area (Å²) in [7, 11) is 1.72. The van der Waals surface area contributed by atoms with Crippen LogP contribution >= 0.6 is 11.3 Å². The highest BCUT2D eigenvalue weighted by molar-refractivity contribution is 7.10. The first-order valence-electron chi connectivity index (χ1n) is 4.47. The fourth-order valence-electron chi connectivity index (χ4n) is 1.33. The molecule has 0 aliphatic rings. The molecule has 3 heteroatoms. The van der Waals surface area contributed by atoms with Crippen LogP contribution in [-0.4, -0.2) is 13.2 Å². The third-order valence-corrected chi connectivity index (χ3v) is 3.38. The van der Waals surface area contributed by atoms with Gasteiger partial charge in [-0.15, -0.1) is 11.3 Å². The van der Waals surface area contributed by atoms with Crippen LogP contribution in [0.25, 0.3) is 0 Å². The van der Waals surface area contributed by atoms with Crippen molar-refractivity contribution < 1.29 is 4.74 Å². The Morgan fingerprint density at radius 3 is 2.77 bits per heavy atom. The molecule has 0 saturated carbocycles. The van der Waals surface area contributed by atoms with E-state index in [1.165, 1.54) is 10.4 Å². The molecule has 0 aliphatic carbocycles. The van der Waals surface area contributed by atoms with E-state index in [1.54, 1.807) is 18.4 Å². The minimum Gasteiger partial charge on any atom is -0.382 e. The normalized spacial score (nSPS) is 15.7. The Labute approximate surface area is 83.7 Å². The van der Waals surface area contributed by atoms with Gasteiger partial charge in [0.1, 0.15) is 0 Å². The molecule has 13 heavy (non-hydrogen) atoms. The Bertz CT molecular complexity index is 259. The summed E-state index contributed by atoms with van der Waals surface area (Å²) in [5.74, 6) is 0. The van der Waals surface area contributed by atoms with E-state index < -0.39 is 0 Å². The van der Waals surface area contributed by atoms with Crippen LogP contribution in [0.1, 0.15) is 29.8 Å². The summed E-state index contributed by atoms with van der Waals surface area (Å²) in [5, 5.41) is 2.09. The van der Waals surface area contributed by atoms with E-state index in [0.29, 0.717) is 0 Å². The molecular weight excluding hydrogens is 182 g/mol. The lowest BCUT2D eigenvalue weighted by Gasteiger charge is -2.15. The van der Waals surface area contributed by atoms with Gasteiger partial charge in [0, 0.05) is 18.0 Å². The molecule has 0 amide bonds. The van der Waals surface area contributed by atoms with Gasteiger partial charge in [-0.3, -0.25) is 0 Å². The largest absolute Gasteiger partial charge is 0.382 e. The lowest BCUT2D eigenvalue weighted by molar-refractivity contribution is 0.105. The summed E-state index contributed by atoms with van der Waals surface area (Å²) in [5.41, 5.74) is 7.34. The zero-order chi connectivity index (χ0) is 9.84. The molecule has 0 aromatic carbocycles. The second kappa shape index (κ2) is 4.74. The van der Waals surface area contributed by atoms with Gasteiger partial charge in [-0.05, 0) is 37.3 Å². The second-order valence-electron chi connectivity index (χ2n) is 3.36. The first-order chi connectivity index (χ1) is 6.15. The first-order valence-corrected chi connectivity index (χ1v) is 5.35. The fourth-order valence-corrected chi connectivity index (χ4v) is 2.27. The zero-order valence-electron chi connectivity index (χ0n) is 8.41. The van der Waals surface area contributed by atoms with Gasteiger partial charge in [-0.25, -0.2) is 0 Å². The van der Waals surface area contributed by atoms with E-state index in [0.717, 1.165) is 6.42 Å². The number of methoxy groups -OCH3 is 1. The lowest BCUT2D eigenvalue weighted by atomic mass is 10.1. The molecule has 0 radical (unpaired) electrons. The Morgan fingerprint density at radius 2 is 2.31 bits per heavy atom. The number of ether oxygens (including phenoxy) is 1. The average Bonchev–Trinajstić information content (AvgIpc) is 2.51. The summed E-state index contributed by atoms with van der Waals surface area (Å²) < 4.78 is 5.18. The van der Waals surface area contributed by atoms with Crippen molar-refractivity contribution in [3.8, 4) is 0 Å². The van der Waals surface area contributed by atoms with Crippen LogP contribution in [0, 0.1) is 6.92 Å². The molecule has 0 fully saturated rings. The van der Waals surface area contributed by atoms with E-state index in [9.17, 15) is 0 Å². The van der Waals surface area contributed by atoms with Crippen molar-refractivity contribution in [2.75, 3.05) is 7.11 Å². The molecule has 0 bridgehead atoms. The monoisotopic (exact) mass is 199 g/mol. The van der Waals surface area contributed by atoms with Crippen LogP contribution in [0.15, 0.2) is 11.4 Å². The lowest BCUT2D eigenvalue weighted by Crippen LogP contribution is -2.17. The van der Waals surface area contributed by atoms with Crippen molar-refractivity contribution >= 4 is 11.3 Å². The number of hydrogen-bond acceptors (Lipinski definition) is 3. The molecule has 74 valence electrons. The quantitative estimate of drug-likeness (QED) is 0.808. The average molecular weight is 199 g/mol. The van der Waals surface area contributed by atoms with Crippen molar-refractivity contribution in [2.24, 2.45) is 5.73 Å². The van der Waals surface area contributed by atoms with Gasteiger partial charge in [0.15, 0.2) is 0 Å². The third kappa shape index (κ3) is 2.79. The van der Waals surface area contributed by atoms with Crippen molar-refractivity contribution in [3.63, 3.8) is 0 Å². The summed E-state index contributed by atoms with van der Waals surface area (Å²) in [6, 6.07) is 2.23. The van der Waals surface area contributed by atoms with Crippen molar-refractivity contribution in [1.29, 1.82) is 0 Å². The topological polar surface area (TPSA) is 35.2 Å². The number of rotatable bonds is 4. The minimum absolute atomic E-state index is 0.120. The Balaban J connectivity index is 2.58. The standard InChI is InChI=1S/C10H17NOS/c1-7-4-5-13-10(7)9(11)6-8(2)12-3/h4-5,8-9H,6,11H2,1-3H3. The van der Waals surface area contributed by atoms with Gasteiger partial charge in [0.25, 0.3) is 0 Å². The molecule has 0 saturated heterocycles. The van der Waals surface area contributed by atoms with E-state index in [4.69, 9.17) is 10.5 Å². The van der Waals surface area contributed by atoms with Crippen molar-refractivity contribution in [3.05, 3.63) is 21.9 Å². The van der Waals surface area contributed by atoms with Crippen LogP contribution in [0.5, 0.6) is 0 Å². The molecule has 2 unspecified atom stereocenters. The molecule has 1 rings (SSSR count). The summed E-state index contributed by atoms with van der Waals surface area (Å²) in [6.45, 7) is 4.14. The minimum atomic E-state index is 0.120. The second-order valence-corrected chi connectivity index (χ2v) is 4.30. The number of hydrogen-bond donors (Lipinski definition) is 1. The number of aryl methyl sites for hydroxylation is 1. The third-order valence-electron chi connectivity index (χ3n) is 2.23. The van der Waals surface area contributed by atoms with Gasteiger partial charge < -0.3 is 10.5 Å².